The molecule has 2 rings (SSSR count). The standard InChI is InChI=1S/C16H20N2O3/c17-16(20)14-7-8-18(12-14)9-11-21-15-5-3-13(4-6-15)2-1-10-19/h3-6,14,19H,7-12H2,(H2,17,20). The molecule has 5 nitrogen and oxygen atoms in total. The maximum atomic E-state index is 11.1. The van der Waals surface area contributed by atoms with Crippen LogP contribution in [0.5, 0.6) is 5.75 Å². The van der Waals surface area contributed by atoms with Crippen molar-refractivity contribution in [3.05, 3.63) is 29.8 Å². The first-order valence-electron chi connectivity index (χ1n) is 7.03. The largest absolute Gasteiger partial charge is 0.492 e. The molecule has 21 heavy (non-hydrogen) atoms. The zero-order valence-electron chi connectivity index (χ0n) is 11.9. The van der Waals surface area contributed by atoms with Crippen molar-refractivity contribution in [1.29, 1.82) is 0 Å². The molecule has 1 aliphatic heterocycles. The Balaban J connectivity index is 1.73. The van der Waals surface area contributed by atoms with Crippen LogP contribution in [0.2, 0.25) is 0 Å². The molecular weight excluding hydrogens is 268 g/mol. The highest BCUT2D eigenvalue weighted by Gasteiger charge is 2.25. The predicted octanol–water partition coefficient (Wildman–Crippen LogP) is 0.216. The van der Waals surface area contributed by atoms with E-state index in [1.807, 2.05) is 24.3 Å². The quantitative estimate of drug-likeness (QED) is 0.760. The fourth-order valence-electron chi connectivity index (χ4n) is 2.34. The lowest BCUT2D eigenvalue weighted by molar-refractivity contribution is -0.121. The maximum Gasteiger partial charge on any atom is 0.221 e. The third-order valence-electron chi connectivity index (χ3n) is 3.52. The zero-order chi connectivity index (χ0) is 15.1. The SMILES string of the molecule is NC(=O)C1CCN(CCOc2ccc(C#CCO)cc2)C1. The number of primary amides is 1. The monoisotopic (exact) mass is 288 g/mol. The van der Waals surface area contributed by atoms with E-state index >= 15 is 0 Å². The molecule has 1 aliphatic rings. The normalized spacial score (nSPS) is 18.0. The van der Waals surface area contributed by atoms with E-state index in [0.29, 0.717) is 6.61 Å². The van der Waals surface area contributed by atoms with Crippen LogP contribution < -0.4 is 10.5 Å². The van der Waals surface area contributed by atoms with Gasteiger partial charge in [-0.1, -0.05) is 11.8 Å². The van der Waals surface area contributed by atoms with Gasteiger partial charge >= 0.3 is 0 Å². The molecule has 1 saturated heterocycles. The van der Waals surface area contributed by atoms with Crippen LogP contribution in [-0.2, 0) is 4.79 Å². The van der Waals surface area contributed by atoms with Crippen molar-refractivity contribution in [1.82, 2.24) is 4.90 Å². The summed E-state index contributed by atoms with van der Waals surface area (Å²) in [6.45, 7) is 2.85. The third kappa shape index (κ3) is 4.78. The van der Waals surface area contributed by atoms with Gasteiger partial charge in [0, 0.05) is 18.7 Å². The molecule has 0 aliphatic carbocycles. The molecule has 5 heteroatoms. The van der Waals surface area contributed by atoms with E-state index in [9.17, 15) is 4.79 Å². The van der Waals surface area contributed by atoms with Gasteiger partial charge in [0.25, 0.3) is 0 Å². The number of carbonyl (C=O) groups is 1. The van der Waals surface area contributed by atoms with Crippen molar-refractivity contribution >= 4 is 5.91 Å². The molecule has 1 atom stereocenters. The zero-order valence-corrected chi connectivity index (χ0v) is 11.9. The second-order valence-corrected chi connectivity index (χ2v) is 5.02. The third-order valence-corrected chi connectivity index (χ3v) is 3.52. The minimum absolute atomic E-state index is 0.0191. The number of aliphatic hydroxyl groups excluding tert-OH is 1. The highest BCUT2D eigenvalue weighted by Crippen LogP contribution is 2.16. The second-order valence-electron chi connectivity index (χ2n) is 5.02. The van der Waals surface area contributed by atoms with Gasteiger partial charge in [0.05, 0.1) is 5.92 Å². The molecule has 0 spiro atoms. The summed E-state index contributed by atoms with van der Waals surface area (Å²) < 4.78 is 5.67. The first kappa shape index (κ1) is 15.4. The Morgan fingerprint density at radius 3 is 2.81 bits per heavy atom. The number of aliphatic hydroxyl groups is 1. The number of carbonyl (C=O) groups excluding carboxylic acids is 1. The summed E-state index contributed by atoms with van der Waals surface area (Å²) in [6, 6.07) is 7.43. The van der Waals surface area contributed by atoms with Gasteiger partial charge in [0.2, 0.25) is 5.91 Å². The molecule has 112 valence electrons. The van der Waals surface area contributed by atoms with Gasteiger partial charge < -0.3 is 15.6 Å². The van der Waals surface area contributed by atoms with E-state index in [-0.39, 0.29) is 18.4 Å². The number of ether oxygens (including phenoxy) is 1. The number of rotatable bonds is 5. The average Bonchev–Trinajstić information content (AvgIpc) is 2.95. The molecule has 3 N–H and O–H groups in total. The van der Waals surface area contributed by atoms with Gasteiger partial charge in [-0.2, -0.15) is 0 Å². The molecular formula is C16H20N2O3. The van der Waals surface area contributed by atoms with Crippen LogP contribution in [0, 0.1) is 17.8 Å². The first-order chi connectivity index (χ1) is 10.2. The number of amides is 1. The summed E-state index contributed by atoms with van der Waals surface area (Å²) >= 11 is 0. The van der Waals surface area contributed by atoms with Gasteiger partial charge in [-0.3, -0.25) is 9.69 Å². The Hall–Kier alpha value is -2.03. The smallest absolute Gasteiger partial charge is 0.221 e. The van der Waals surface area contributed by atoms with Gasteiger partial charge in [0.15, 0.2) is 0 Å². The number of nitrogens with zero attached hydrogens (tertiary/aromatic N) is 1. The van der Waals surface area contributed by atoms with Crippen molar-refractivity contribution in [2.75, 3.05) is 32.8 Å². The lowest BCUT2D eigenvalue weighted by atomic mass is 10.1. The summed E-state index contributed by atoms with van der Waals surface area (Å²) in [6.07, 6.45) is 0.841. The van der Waals surface area contributed by atoms with E-state index in [0.717, 1.165) is 37.4 Å². The maximum absolute atomic E-state index is 11.1. The Morgan fingerprint density at radius 1 is 1.43 bits per heavy atom. The molecule has 1 amide bonds. The molecule has 1 heterocycles. The fourth-order valence-corrected chi connectivity index (χ4v) is 2.34. The topological polar surface area (TPSA) is 75.8 Å². The molecule has 1 aromatic carbocycles. The molecule has 1 fully saturated rings. The fraction of sp³-hybridized carbons (Fsp3) is 0.438. The molecule has 0 saturated carbocycles. The van der Waals surface area contributed by atoms with Crippen molar-refractivity contribution in [3.63, 3.8) is 0 Å². The lowest BCUT2D eigenvalue weighted by Crippen LogP contribution is -2.30. The van der Waals surface area contributed by atoms with Crippen LogP contribution in [0.25, 0.3) is 0 Å². The first-order valence-corrected chi connectivity index (χ1v) is 7.03. The van der Waals surface area contributed by atoms with Crippen LogP contribution in [0.3, 0.4) is 0 Å². The molecule has 0 aromatic heterocycles. The number of benzene rings is 1. The van der Waals surface area contributed by atoms with Gasteiger partial charge in [-0.25, -0.2) is 0 Å². The molecule has 1 unspecified atom stereocenters. The number of hydrogen-bond acceptors (Lipinski definition) is 4. The molecule has 1 aromatic rings. The molecule has 0 radical (unpaired) electrons. The van der Waals surface area contributed by atoms with Crippen LogP contribution in [0.1, 0.15) is 12.0 Å². The lowest BCUT2D eigenvalue weighted by Gasteiger charge is -2.15. The van der Waals surface area contributed by atoms with Crippen LogP contribution in [0.15, 0.2) is 24.3 Å². The molecule has 0 bridgehead atoms. The van der Waals surface area contributed by atoms with Gasteiger partial charge in [0.1, 0.15) is 19.0 Å². The van der Waals surface area contributed by atoms with Crippen molar-refractivity contribution in [3.8, 4) is 17.6 Å². The number of nitrogens with two attached hydrogens (primary N) is 1. The summed E-state index contributed by atoms with van der Waals surface area (Å²) in [7, 11) is 0. The van der Waals surface area contributed by atoms with Crippen LogP contribution in [-0.4, -0.2) is 48.8 Å². The van der Waals surface area contributed by atoms with E-state index in [1.165, 1.54) is 0 Å². The van der Waals surface area contributed by atoms with E-state index in [1.54, 1.807) is 0 Å². The summed E-state index contributed by atoms with van der Waals surface area (Å²) in [5.41, 5.74) is 6.15. The van der Waals surface area contributed by atoms with E-state index in [4.69, 9.17) is 15.6 Å². The summed E-state index contributed by atoms with van der Waals surface area (Å²) in [5.74, 6) is 5.99. The highest BCUT2D eigenvalue weighted by atomic mass is 16.5. The predicted molar refractivity (Wildman–Crippen MR) is 79.6 cm³/mol. The van der Waals surface area contributed by atoms with E-state index < -0.39 is 0 Å². The van der Waals surface area contributed by atoms with Crippen molar-refractivity contribution in [2.24, 2.45) is 11.7 Å². The highest BCUT2D eigenvalue weighted by molar-refractivity contribution is 5.77. The van der Waals surface area contributed by atoms with E-state index in [2.05, 4.69) is 16.7 Å². The Bertz CT molecular complexity index is 531. The van der Waals surface area contributed by atoms with Crippen LogP contribution in [0.4, 0.5) is 0 Å². The van der Waals surface area contributed by atoms with Gasteiger partial charge in [-0.15, -0.1) is 0 Å². The summed E-state index contributed by atoms with van der Waals surface area (Å²) in [5, 5.41) is 8.62. The van der Waals surface area contributed by atoms with Crippen LogP contribution >= 0.6 is 0 Å². The average molecular weight is 288 g/mol. The minimum Gasteiger partial charge on any atom is -0.492 e. The van der Waals surface area contributed by atoms with Crippen molar-refractivity contribution < 1.29 is 14.6 Å². The Labute approximate surface area is 124 Å². The second kappa shape index (κ2) is 7.67. The van der Waals surface area contributed by atoms with Crippen molar-refractivity contribution in [2.45, 2.75) is 6.42 Å². The Morgan fingerprint density at radius 2 is 2.19 bits per heavy atom. The minimum atomic E-state index is -0.210. The number of hydrogen-bond donors (Lipinski definition) is 2. The van der Waals surface area contributed by atoms with Gasteiger partial charge in [-0.05, 0) is 37.2 Å². The number of likely N-dealkylation sites (tertiary alicyclic amines) is 1. The Kier molecular flexibility index (Phi) is 5.61. The summed E-state index contributed by atoms with van der Waals surface area (Å²) in [4.78, 5) is 13.3.